The fourth-order valence-corrected chi connectivity index (χ4v) is 5.56. The smallest absolute Gasteiger partial charge is 0.273 e. The fourth-order valence-electron chi connectivity index (χ4n) is 5.56. The van der Waals surface area contributed by atoms with E-state index >= 15 is 0 Å². The maximum Gasteiger partial charge on any atom is 0.273 e. The van der Waals surface area contributed by atoms with Crippen LogP contribution in [-0.4, -0.2) is 52.0 Å². The maximum absolute atomic E-state index is 14.2. The van der Waals surface area contributed by atoms with E-state index in [0.717, 1.165) is 31.1 Å². The zero-order valence-electron chi connectivity index (χ0n) is 21.5. The Kier molecular flexibility index (Phi) is 7.97. The Hall–Kier alpha value is -3.73. The highest BCUT2D eigenvalue weighted by atomic mass is 19.1. The van der Waals surface area contributed by atoms with Crippen LogP contribution < -0.4 is 10.6 Å². The number of halogens is 3. The van der Waals surface area contributed by atoms with Crippen LogP contribution in [0, 0.1) is 23.4 Å². The van der Waals surface area contributed by atoms with Gasteiger partial charge in [-0.05, 0) is 38.3 Å². The topological polar surface area (TPSA) is 100 Å². The lowest BCUT2D eigenvalue weighted by Crippen LogP contribution is -2.57. The van der Waals surface area contributed by atoms with Gasteiger partial charge >= 0.3 is 0 Å². The molecule has 0 bridgehead atoms. The minimum atomic E-state index is -1.17. The SMILES string of the molecule is C[C@@H](NC(=O)[C@@H]1CN(C2CCCC2)CC[C@H]1NC(=O)c1cc(-c2c(F)cc(F)cc2F)on1)c1ccccn1. The number of nitrogens with one attached hydrogen (secondary N) is 2. The quantitative estimate of drug-likeness (QED) is 0.460. The fraction of sp³-hybridized carbons (Fsp3) is 0.429. The average molecular weight is 542 g/mol. The third-order valence-electron chi connectivity index (χ3n) is 7.62. The van der Waals surface area contributed by atoms with Crippen molar-refractivity contribution in [1.29, 1.82) is 0 Å². The predicted octanol–water partition coefficient (Wildman–Crippen LogP) is 4.39. The summed E-state index contributed by atoms with van der Waals surface area (Å²) in [5.41, 5.74) is -0.0915. The third kappa shape index (κ3) is 5.98. The van der Waals surface area contributed by atoms with Gasteiger partial charge < -0.3 is 15.2 Å². The predicted molar refractivity (Wildman–Crippen MR) is 136 cm³/mol. The van der Waals surface area contributed by atoms with Gasteiger partial charge in [-0.2, -0.15) is 0 Å². The van der Waals surface area contributed by atoms with Crippen LogP contribution in [-0.2, 0) is 4.79 Å². The molecule has 1 saturated carbocycles. The first kappa shape index (κ1) is 26.9. The summed E-state index contributed by atoms with van der Waals surface area (Å²) < 4.78 is 46.7. The number of carbonyl (C=O) groups is 2. The normalized spacial score (nSPS) is 21.0. The summed E-state index contributed by atoms with van der Waals surface area (Å²) in [7, 11) is 0. The number of aromatic nitrogens is 2. The molecule has 2 aromatic heterocycles. The Morgan fingerprint density at radius 2 is 1.82 bits per heavy atom. The van der Waals surface area contributed by atoms with Crippen LogP contribution in [0.1, 0.15) is 61.3 Å². The average Bonchev–Trinajstić information content (AvgIpc) is 3.62. The molecule has 3 heterocycles. The summed E-state index contributed by atoms with van der Waals surface area (Å²) in [5.74, 6) is -5.13. The van der Waals surface area contributed by atoms with Gasteiger partial charge in [-0.1, -0.05) is 24.1 Å². The lowest BCUT2D eigenvalue weighted by atomic mass is 9.89. The molecule has 1 aliphatic heterocycles. The minimum Gasteiger partial charge on any atom is -0.355 e. The number of pyridine rings is 1. The molecule has 2 N–H and O–H groups in total. The zero-order valence-corrected chi connectivity index (χ0v) is 21.5. The lowest BCUT2D eigenvalue weighted by molar-refractivity contribution is -0.128. The first-order valence-electron chi connectivity index (χ1n) is 13.2. The van der Waals surface area contributed by atoms with E-state index in [2.05, 4.69) is 25.7 Å². The summed E-state index contributed by atoms with van der Waals surface area (Å²) >= 11 is 0. The van der Waals surface area contributed by atoms with Crippen molar-refractivity contribution >= 4 is 11.8 Å². The molecule has 0 spiro atoms. The minimum absolute atomic E-state index is 0.197. The van der Waals surface area contributed by atoms with Crippen LogP contribution >= 0.6 is 0 Å². The number of carbonyl (C=O) groups excluding carboxylic acids is 2. The number of amides is 2. The van der Waals surface area contributed by atoms with Crippen LogP contribution in [0.3, 0.4) is 0 Å². The van der Waals surface area contributed by atoms with Crippen molar-refractivity contribution in [2.45, 2.75) is 57.2 Å². The first-order chi connectivity index (χ1) is 18.8. The van der Waals surface area contributed by atoms with Gasteiger partial charge in [0.15, 0.2) is 11.5 Å². The molecule has 5 rings (SSSR count). The molecule has 11 heteroatoms. The van der Waals surface area contributed by atoms with E-state index in [-0.39, 0.29) is 23.4 Å². The number of likely N-dealkylation sites (tertiary alicyclic amines) is 1. The lowest BCUT2D eigenvalue weighted by Gasteiger charge is -2.41. The molecule has 3 aromatic rings. The van der Waals surface area contributed by atoms with E-state index in [0.29, 0.717) is 31.1 Å². The van der Waals surface area contributed by atoms with Crippen molar-refractivity contribution in [2.24, 2.45) is 5.92 Å². The highest BCUT2D eigenvalue weighted by Gasteiger charge is 2.39. The monoisotopic (exact) mass is 541 g/mol. The second-order valence-electron chi connectivity index (χ2n) is 10.2. The summed E-state index contributed by atoms with van der Waals surface area (Å²) in [6.45, 7) is 3.08. The highest BCUT2D eigenvalue weighted by molar-refractivity contribution is 5.94. The summed E-state index contributed by atoms with van der Waals surface area (Å²) in [6, 6.07) is 7.24. The van der Waals surface area contributed by atoms with Crippen molar-refractivity contribution in [3.63, 3.8) is 0 Å². The molecule has 3 atom stereocenters. The summed E-state index contributed by atoms with van der Waals surface area (Å²) in [5, 5.41) is 9.58. The van der Waals surface area contributed by atoms with E-state index in [1.165, 1.54) is 12.8 Å². The Balaban J connectivity index is 1.32. The number of hydrogen-bond donors (Lipinski definition) is 2. The Morgan fingerprint density at radius 1 is 1.08 bits per heavy atom. The van der Waals surface area contributed by atoms with Gasteiger partial charge in [0.25, 0.3) is 5.91 Å². The molecule has 2 amide bonds. The van der Waals surface area contributed by atoms with Gasteiger partial charge in [0.2, 0.25) is 5.91 Å². The van der Waals surface area contributed by atoms with Crippen LogP contribution in [0.25, 0.3) is 11.3 Å². The highest BCUT2D eigenvalue weighted by Crippen LogP contribution is 2.30. The Bertz CT molecular complexity index is 1310. The molecule has 8 nitrogen and oxygen atoms in total. The Morgan fingerprint density at radius 3 is 2.51 bits per heavy atom. The van der Waals surface area contributed by atoms with Crippen LogP contribution in [0.2, 0.25) is 0 Å². The van der Waals surface area contributed by atoms with E-state index in [1.807, 2.05) is 19.1 Å². The number of piperidine rings is 1. The number of rotatable bonds is 7. The van der Waals surface area contributed by atoms with Crippen LogP contribution in [0.5, 0.6) is 0 Å². The molecule has 2 fully saturated rings. The van der Waals surface area contributed by atoms with Crippen molar-refractivity contribution in [2.75, 3.05) is 13.1 Å². The molecule has 1 aromatic carbocycles. The first-order valence-corrected chi connectivity index (χ1v) is 13.2. The van der Waals surface area contributed by atoms with E-state index < -0.39 is 40.9 Å². The van der Waals surface area contributed by atoms with Gasteiger partial charge in [0.1, 0.15) is 17.5 Å². The Labute approximate surface area is 224 Å². The molecule has 2 aliphatic rings. The van der Waals surface area contributed by atoms with Gasteiger partial charge in [0, 0.05) is 49.6 Å². The summed E-state index contributed by atoms with van der Waals surface area (Å²) in [4.78, 5) is 33.2. The standard InChI is InChI=1S/C28H30F3N5O3/c1-16(22-8-4-5-10-32-22)33-27(37)19-15-36(18-6-2-3-7-18)11-9-23(19)34-28(38)24-14-25(39-35-24)26-20(30)12-17(29)13-21(26)31/h4-5,8,10,12-14,16,18-19,23H,2-3,6-7,9,11,15H2,1H3,(H,33,37)(H,34,38)/t16-,19-,23-/m1/s1. The molecule has 206 valence electrons. The number of benzene rings is 1. The largest absolute Gasteiger partial charge is 0.355 e. The van der Waals surface area contributed by atoms with Crippen molar-refractivity contribution in [1.82, 2.24) is 25.7 Å². The van der Waals surface area contributed by atoms with Gasteiger partial charge in [-0.25, -0.2) is 13.2 Å². The number of hydrogen-bond acceptors (Lipinski definition) is 6. The molecular formula is C28H30F3N5O3. The molecular weight excluding hydrogens is 511 g/mol. The van der Waals surface area contributed by atoms with E-state index in [1.54, 1.807) is 12.3 Å². The number of nitrogens with zero attached hydrogens (tertiary/aromatic N) is 3. The molecule has 39 heavy (non-hydrogen) atoms. The van der Waals surface area contributed by atoms with Crippen molar-refractivity contribution < 1.29 is 27.3 Å². The molecule has 0 unspecified atom stereocenters. The second kappa shape index (κ2) is 11.6. The van der Waals surface area contributed by atoms with Gasteiger partial charge in [0.05, 0.1) is 23.2 Å². The van der Waals surface area contributed by atoms with Crippen LogP contribution in [0.4, 0.5) is 13.2 Å². The third-order valence-corrected chi connectivity index (χ3v) is 7.62. The summed E-state index contributed by atoms with van der Waals surface area (Å²) in [6.07, 6.45) is 6.72. The maximum atomic E-state index is 14.2. The molecule has 0 radical (unpaired) electrons. The van der Waals surface area contributed by atoms with E-state index in [4.69, 9.17) is 4.52 Å². The molecule has 1 aliphatic carbocycles. The van der Waals surface area contributed by atoms with Gasteiger partial charge in [-0.3, -0.25) is 19.5 Å². The van der Waals surface area contributed by atoms with Crippen LogP contribution in [0.15, 0.2) is 47.1 Å². The van der Waals surface area contributed by atoms with Crippen molar-refractivity contribution in [3.05, 3.63) is 71.4 Å². The second-order valence-corrected chi connectivity index (χ2v) is 10.2. The van der Waals surface area contributed by atoms with Gasteiger partial charge in [-0.15, -0.1) is 0 Å². The molecule has 1 saturated heterocycles. The zero-order chi connectivity index (χ0) is 27.5. The van der Waals surface area contributed by atoms with E-state index in [9.17, 15) is 22.8 Å². The van der Waals surface area contributed by atoms with Crippen molar-refractivity contribution in [3.8, 4) is 11.3 Å².